The Balaban J connectivity index is 2.66. The van der Waals surface area contributed by atoms with Gasteiger partial charge in [-0.15, -0.1) is 4.98 Å². The molecule has 0 aromatic carbocycles. The molecule has 0 aliphatic carbocycles. The minimum absolute atomic E-state index is 0.0106. The fourth-order valence-corrected chi connectivity index (χ4v) is 1.40. The Hall–Kier alpha value is -1.63. The van der Waals surface area contributed by atoms with Crippen LogP contribution in [0.2, 0.25) is 0 Å². The van der Waals surface area contributed by atoms with Crippen molar-refractivity contribution in [3.63, 3.8) is 0 Å². The topological polar surface area (TPSA) is 78.4 Å². The highest BCUT2D eigenvalue weighted by molar-refractivity contribution is 5.27. The molecule has 0 unspecified atom stereocenters. The van der Waals surface area contributed by atoms with Gasteiger partial charge in [0, 0.05) is 6.54 Å². The molecular formula is C14H26N4O3. The van der Waals surface area contributed by atoms with Gasteiger partial charge in [0.05, 0.1) is 18.8 Å². The van der Waals surface area contributed by atoms with E-state index in [0.717, 1.165) is 13.0 Å². The Labute approximate surface area is 126 Å². The number of nitrogens with zero attached hydrogens (tertiary/aromatic N) is 3. The van der Waals surface area contributed by atoms with Crippen molar-refractivity contribution in [2.75, 3.05) is 25.1 Å². The van der Waals surface area contributed by atoms with Gasteiger partial charge >= 0.3 is 12.0 Å². The van der Waals surface area contributed by atoms with Crippen LogP contribution in [0.15, 0.2) is 0 Å². The molecule has 120 valence electrons. The van der Waals surface area contributed by atoms with Crippen LogP contribution in [0.5, 0.6) is 12.0 Å². The molecule has 0 fully saturated rings. The SMILES string of the molecule is CCCNc1nc(OCCOC(C)C)nc(OC(C)C)n1. The number of aromatic nitrogens is 3. The monoisotopic (exact) mass is 298 g/mol. The molecule has 0 atom stereocenters. The average molecular weight is 298 g/mol. The summed E-state index contributed by atoms with van der Waals surface area (Å²) in [5.74, 6) is 0.460. The zero-order valence-corrected chi connectivity index (χ0v) is 13.5. The van der Waals surface area contributed by atoms with Gasteiger partial charge in [0.15, 0.2) is 0 Å². The first-order valence-corrected chi connectivity index (χ1v) is 7.42. The van der Waals surface area contributed by atoms with E-state index in [1.807, 2.05) is 27.7 Å². The van der Waals surface area contributed by atoms with E-state index in [-0.39, 0.29) is 24.2 Å². The zero-order valence-electron chi connectivity index (χ0n) is 13.5. The van der Waals surface area contributed by atoms with E-state index in [2.05, 4.69) is 27.2 Å². The lowest BCUT2D eigenvalue weighted by atomic mass is 10.5. The van der Waals surface area contributed by atoms with Crippen molar-refractivity contribution >= 4 is 5.95 Å². The second-order valence-corrected chi connectivity index (χ2v) is 5.09. The van der Waals surface area contributed by atoms with Crippen LogP contribution in [0.1, 0.15) is 41.0 Å². The zero-order chi connectivity index (χ0) is 15.7. The molecule has 1 aromatic rings. The second kappa shape index (κ2) is 9.33. The van der Waals surface area contributed by atoms with Crippen LogP contribution in [0, 0.1) is 0 Å². The van der Waals surface area contributed by atoms with E-state index >= 15 is 0 Å². The van der Waals surface area contributed by atoms with Crippen molar-refractivity contribution in [2.45, 2.75) is 53.2 Å². The Morgan fingerprint density at radius 3 is 2.29 bits per heavy atom. The van der Waals surface area contributed by atoms with E-state index in [1.165, 1.54) is 0 Å². The van der Waals surface area contributed by atoms with Gasteiger partial charge in [-0.25, -0.2) is 0 Å². The summed E-state index contributed by atoms with van der Waals surface area (Å²) in [5.41, 5.74) is 0. The summed E-state index contributed by atoms with van der Waals surface area (Å²) < 4.78 is 16.4. The second-order valence-electron chi connectivity index (χ2n) is 5.09. The molecule has 0 saturated heterocycles. The summed E-state index contributed by atoms with van der Waals surface area (Å²) in [4.78, 5) is 12.5. The van der Waals surface area contributed by atoms with Crippen LogP contribution in [0.25, 0.3) is 0 Å². The van der Waals surface area contributed by atoms with Gasteiger partial charge in [-0.1, -0.05) is 6.92 Å². The van der Waals surface area contributed by atoms with Crippen LogP contribution >= 0.6 is 0 Å². The molecule has 1 rings (SSSR count). The summed E-state index contributed by atoms with van der Waals surface area (Å²) in [7, 11) is 0. The third-order valence-corrected chi connectivity index (χ3v) is 2.23. The summed E-state index contributed by atoms with van der Waals surface area (Å²) in [6.45, 7) is 11.5. The van der Waals surface area contributed by atoms with Gasteiger partial charge in [-0.05, 0) is 34.1 Å². The molecule has 0 aliphatic rings. The predicted molar refractivity (Wildman–Crippen MR) is 81.0 cm³/mol. The largest absolute Gasteiger partial charge is 0.461 e. The molecular weight excluding hydrogens is 272 g/mol. The minimum Gasteiger partial charge on any atom is -0.461 e. The summed E-state index contributed by atoms with van der Waals surface area (Å²) >= 11 is 0. The number of nitrogens with one attached hydrogen (secondary N) is 1. The molecule has 0 bridgehead atoms. The standard InChI is InChI=1S/C14H26N4O3/c1-6-7-15-12-16-13(20-9-8-19-10(2)3)18-14(17-12)21-11(4)5/h10-11H,6-9H2,1-5H3,(H,15,16,17,18). The fraction of sp³-hybridized carbons (Fsp3) is 0.786. The molecule has 0 amide bonds. The van der Waals surface area contributed by atoms with Gasteiger partial charge in [0.2, 0.25) is 5.95 Å². The van der Waals surface area contributed by atoms with Crippen molar-refractivity contribution < 1.29 is 14.2 Å². The lowest BCUT2D eigenvalue weighted by molar-refractivity contribution is 0.0527. The van der Waals surface area contributed by atoms with Crippen molar-refractivity contribution in [2.24, 2.45) is 0 Å². The maximum Gasteiger partial charge on any atom is 0.324 e. The molecule has 21 heavy (non-hydrogen) atoms. The lowest BCUT2D eigenvalue weighted by Gasteiger charge is -2.12. The Bertz CT molecular complexity index is 413. The Morgan fingerprint density at radius 1 is 0.952 bits per heavy atom. The van der Waals surface area contributed by atoms with E-state index in [0.29, 0.717) is 19.2 Å². The van der Waals surface area contributed by atoms with Crippen molar-refractivity contribution in [1.29, 1.82) is 0 Å². The summed E-state index contributed by atoms with van der Waals surface area (Å²) in [6, 6.07) is 0.505. The minimum atomic E-state index is -0.0106. The van der Waals surface area contributed by atoms with Gasteiger partial charge in [-0.3, -0.25) is 0 Å². The molecule has 0 saturated carbocycles. The normalized spacial score (nSPS) is 11.0. The highest BCUT2D eigenvalue weighted by Crippen LogP contribution is 2.14. The van der Waals surface area contributed by atoms with Crippen molar-refractivity contribution in [3.05, 3.63) is 0 Å². The molecule has 0 spiro atoms. The van der Waals surface area contributed by atoms with Crippen molar-refractivity contribution in [3.8, 4) is 12.0 Å². The number of hydrogen-bond acceptors (Lipinski definition) is 7. The Morgan fingerprint density at radius 2 is 1.67 bits per heavy atom. The van der Waals surface area contributed by atoms with Crippen LogP contribution in [-0.2, 0) is 4.74 Å². The average Bonchev–Trinajstić information content (AvgIpc) is 2.40. The van der Waals surface area contributed by atoms with E-state index < -0.39 is 0 Å². The fourth-order valence-electron chi connectivity index (χ4n) is 1.40. The molecule has 1 N–H and O–H groups in total. The van der Waals surface area contributed by atoms with Gasteiger partial charge in [0.1, 0.15) is 6.61 Å². The summed E-state index contributed by atoms with van der Waals surface area (Å²) in [5, 5.41) is 3.10. The third kappa shape index (κ3) is 7.65. The maximum atomic E-state index is 5.51. The molecule has 0 aliphatic heterocycles. The highest BCUT2D eigenvalue weighted by atomic mass is 16.5. The quantitative estimate of drug-likeness (QED) is 0.664. The lowest BCUT2D eigenvalue weighted by Crippen LogP contribution is -2.15. The first-order chi connectivity index (χ1) is 10.0. The summed E-state index contributed by atoms with van der Waals surface area (Å²) in [6.07, 6.45) is 1.14. The number of rotatable bonds is 10. The molecule has 7 nitrogen and oxygen atoms in total. The van der Waals surface area contributed by atoms with Crippen LogP contribution in [0.3, 0.4) is 0 Å². The van der Waals surface area contributed by atoms with Crippen molar-refractivity contribution in [1.82, 2.24) is 15.0 Å². The number of hydrogen-bond donors (Lipinski definition) is 1. The smallest absolute Gasteiger partial charge is 0.324 e. The molecule has 1 aromatic heterocycles. The maximum absolute atomic E-state index is 5.51. The first-order valence-electron chi connectivity index (χ1n) is 7.42. The Kier molecular flexibility index (Phi) is 7.74. The van der Waals surface area contributed by atoms with Gasteiger partial charge < -0.3 is 19.5 Å². The van der Waals surface area contributed by atoms with E-state index in [1.54, 1.807) is 0 Å². The first kappa shape index (κ1) is 17.4. The van der Waals surface area contributed by atoms with Crippen LogP contribution in [0.4, 0.5) is 5.95 Å². The number of ether oxygens (including phenoxy) is 3. The highest BCUT2D eigenvalue weighted by Gasteiger charge is 2.10. The van der Waals surface area contributed by atoms with Gasteiger partial charge in [-0.2, -0.15) is 9.97 Å². The molecule has 1 heterocycles. The van der Waals surface area contributed by atoms with Crippen LogP contribution < -0.4 is 14.8 Å². The third-order valence-electron chi connectivity index (χ3n) is 2.23. The number of anilines is 1. The molecule has 7 heteroatoms. The molecule has 0 radical (unpaired) electrons. The van der Waals surface area contributed by atoms with Crippen LogP contribution in [-0.4, -0.2) is 46.9 Å². The van der Waals surface area contributed by atoms with E-state index in [4.69, 9.17) is 14.2 Å². The van der Waals surface area contributed by atoms with Gasteiger partial charge in [0.25, 0.3) is 0 Å². The van der Waals surface area contributed by atoms with E-state index in [9.17, 15) is 0 Å². The predicted octanol–water partition coefficient (Wildman–Crippen LogP) is 2.28.